The average molecular weight is 390 g/mol. The fourth-order valence-corrected chi connectivity index (χ4v) is 4.63. The predicted molar refractivity (Wildman–Crippen MR) is 94.7 cm³/mol. The minimum absolute atomic E-state index is 0.141. The van der Waals surface area contributed by atoms with E-state index in [1.165, 1.54) is 6.21 Å². The molecular weight excluding hydrogens is 377 g/mol. The molecule has 1 aliphatic heterocycles. The van der Waals surface area contributed by atoms with Crippen molar-refractivity contribution in [2.75, 3.05) is 6.61 Å². The number of hydrogen-bond acceptors (Lipinski definition) is 5. The predicted octanol–water partition coefficient (Wildman–Crippen LogP) is 3.04. The first-order valence-corrected chi connectivity index (χ1v) is 8.85. The summed E-state index contributed by atoms with van der Waals surface area (Å²) in [7, 11) is 0. The van der Waals surface area contributed by atoms with Crippen LogP contribution in [0.4, 0.5) is 0 Å². The first-order valence-electron chi connectivity index (χ1n) is 8.10. The lowest BCUT2D eigenvalue weighted by molar-refractivity contribution is -0.140. The largest absolute Gasteiger partial charge is 0.476 e. The molecular formula is C18H13Cl2N3O3. The number of hydrogen-bond donors (Lipinski definition) is 0. The lowest BCUT2D eigenvalue weighted by Gasteiger charge is -2.13. The molecule has 2 amide bonds. The Hall–Kier alpha value is -2.36. The van der Waals surface area contributed by atoms with Gasteiger partial charge in [-0.05, 0) is 36.0 Å². The van der Waals surface area contributed by atoms with Gasteiger partial charge in [-0.15, -0.1) is 0 Å². The maximum absolute atomic E-state index is 12.6. The molecule has 1 saturated heterocycles. The first-order chi connectivity index (χ1) is 12.5. The lowest BCUT2D eigenvalue weighted by atomic mass is 9.85. The van der Waals surface area contributed by atoms with E-state index >= 15 is 0 Å². The van der Waals surface area contributed by atoms with Gasteiger partial charge in [0.25, 0.3) is 11.8 Å². The molecule has 6 nitrogen and oxygen atoms in total. The summed E-state index contributed by atoms with van der Waals surface area (Å²) in [5.41, 5.74) is 0.517. The smallest absolute Gasteiger partial charge is 0.254 e. The molecule has 0 N–H and O–H groups in total. The Morgan fingerprint density at radius 1 is 1.19 bits per heavy atom. The van der Waals surface area contributed by atoms with Crippen LogP contribution < -0.4 is 4.74 Å². The molecule has 2 fully saturated rings. The van der Waals surface area contributed by atoms with Gasteiger partial charge in [-0.25, -0.2) is 0 Å². The Morgan fingerprint density at radius 3 is 2.31 bits per heavy atom. The van der Waals surface area contributed by atoms with Crippen LogP contribution in [-0.2, 0) is 9.59 Å². The van der Waals surface area contributed by atoms with Crippen LogP contribution in [0.2, 0.25) is 10.0 Å². The summed E-state index contributed by atoms with van der Waals surface area (Å²) in [6, 6.07) is 4.92. The van der Waals surface area contributed by atoms with Crippen molar-refractivity contribution in [1.29, 1.82) is 5.26 Å². The van der Waals surface area contributed by atoms with E-state index in [2.05, 4.69) is 5.10 Å². The number of hydrazone groups is 1. The van der Waals surface area contributed by atoms with Gasteiger partial charge in [0.15, 0.2) is 12.4 Å². The number of benzene rings is 1. The highest BCUT2D eigenvalue weighted by molar-refractivity contribution is 6.37. The molecule has 3 aliphatic rings. The summed E-state index contributed by atoms with van der Waals surface area (Å²) in [6.45, 7) is -0.178. The Labute approximate surface area is 159 Å². The Balaban J connectivity index is 1.55. The monoisotopic (exact) mass is 389 g/mol. The van der Waals surface area contributed by atoms with Crippen molar-refractivity contribution in [3.8, 4) is 11.8 Å². The van der Waals surface area contributed by atoms with Crippen LogP contribution in [0.25, 0.3) is 0 Å². The van der Waals surface area contributed by atoms with Gasteiger partial charge < -0.3 is 4.74 Å². The topological polar surface area (TPSA) is 82.8 Å². The van der Waals surface area contributed by atoms with Gasteiger partial charge in [0.1, 0.15) is 6.07 Å². The molecule has 1 saturated carbocycles. The highest BCUT2D eigenvalue weighted by Gasteiger charge is 2.59. The average Bonchev–Trinajstić information content (AvgIpc) is 3.27. The van der Waals surface area contributed by atoms with Crippen molar-refractivity contribution < 1.29 is 14.3 Å². The summed E-state index contributed by atoms with van der Waals surface area (Å²) in [5, 5.41) is 14.0. The lowest BCUT2D eigenvalue weighted by Crippen LogP contribution is -2.28. The van der Waals surface area contributed by atoms with Gasteiger partial charge >= 0.3 is 0 Å². The Bertz CT molecular complexity index is 852. The molecule has 0 spiro atoms. The van der Waals surface area contributed by atoms with E-state index in [0.29, 0.717) is 5.56 Å². The van der Waals surface area contributed by atoms with E-state index in [1.54, 1.807) is 12.1 Å². The minimum atomic E-state index is -0.288. The molecule has 132 valence electrons. The first kappa shape index (κ1) is 17.1. The number of halogens is 2. The molecule has 0 aromatic heterocycles. The van der Waals surface area contributed by atoms with Crippen molar-refractivity contribution in [3.63, 3.8) is 0 Å². The van der Waals surface area contributed by atoms with Crippen molar-refractivity contribution in [2.45, 2.75) is 6.42 Å². The molecule has 0 radical (unpaired) electrons. The normalized spacial score (nSPS) is 28.9. The SMILES string of the molecule is N#CCOc1c(Cl)cc(C=NN2C(=O)[C@@H]3[C@H](C2=O)[C@H]2C=C[C@H]3C2)cc1Cl. The van der Waals surface area contributed by atoms with Crippen LogP contribution in [0, 0.1) is 35.0 Å². The van der Waals surface area contributed by atoms with Crippen LogP contribution in [-0.4, -0.2) is 29.6 Å². The summed E-state index contributed by atoms with van der Waals surface area (Å²) in [6.07, 6.45) is 6.31. The van der Waals surface area contributed by atoms with Crippen LogP contribution in [0.5, 0.6) is 5.75 Å². The fourth-order valence-electron chi connectivity index (χ4n) is 4.02. The maximum atomic E-state index is 12.6. The third-order valence-electron chi connectivity index (χ3n) is 5.07. The number of carbonyl (C=O) groups excluding carboxylic acids is 2. The summed E-state index contributed by atoms with van der Waals surface area (Å²) in [5.74, 6) is -0.590. The van der Waals surface area contributed by atoms with Gasteiger partial charge in [0.2, 0.25) is 0 Å². The quantitative estimate of drug-likeness (QED) is 0.450. The minimum Gasteiger partial charge on any atom is -0.476 e. The van der Waals surface area contributed by atoms with Crippen LogP contribution in [0.1, 0.15) is 12.0 Å². The Morgan fingerprint density at radius 2 is 1.77 bits per heavy atom. The molecule has 1 aromatic rings. The molecule has 2 bridgehead atoms. The highest BCUT2D eigenvalue weighted by Crippen LogP contribution is 2.52. The number of imide groups is 1. The number of rotatable bonds is 4. The van der Waals surface area contributed by atoms with E-state index in [9.17, 15) is 9.59 Å². The maximum Gasteiger partial charge on any atom is 0.254 e. The zero-order valence-electron chi connectivity index (χ0n) is 13.4. The molecule has 4 atom stereocenters. The van der Waals surface area contributed by atoms with E-state index in [-0.39, 0.29) is 57.9 Å². The second-order valence-corrected chi connectivity index (χ2v) is 7.31. The van der Waals surface area contributed by atoms with Crippen LogP contribution in [0.3, 0.4) is 0 Å². The summed E-state index contributed by atoms with van der Waals surface area (Å²) < 4.78 is 5.17. The zero-order chi connectivity index (χ0) is 18.4. The van der Waals surface area contributed by atoms with Crippen molar-refractivity contribution in [3.05, 3.63) is 39.9 Å². The highest BCUT2D eigenvalue weighted by atomic mass is 35.5. The third-order valence-corrected chi connectivity index (χ3v) is 5.63. The number of carbonyl (C=O) groups is 2. The number of allylic oxidation sites excluding steroid dienone is 2. The molecule has 2 aliphatic carbocycles. The van der Waals surface area contributed by atoms with Crippen LogP contribution in [0.15, 0.2) is 29.4 Å². The van der Waals surface area contributed by atoms with E-state index < -0.39 is 0 Å². The van der Waals surface area contributed by atoms with E-state index in [0.717, 1.165) is 11.4 Å². The standard InChI is InChI=1S/C18H13Cl2N3O3/c19-12-5-9(6-13(20)16(12)26-4-3-21)8-22-23-17(24)14-10-1-2-11(7-10)15(14)18(23)25/h1-2,5-6,8,10-11,14-15H,4,7H2/t10-,11-,14-,15+/m0/s1. The van der Waals surface area contributed by atoms with E-state index in [1.807, 2.05) is 18.2 Å². The van der Waals surface area contributed by atoms with Crippen molar-refractivity contribution in [2.24, 2.45) is 28.8 Å². The van der Waals surface area contributed by atoms with Gasteiger partial charge in [0.05, 0.1) is 28.1 Å². The van der Waals surface area contributed by atoms with Crippen LogP contribution >= 0.6 is 23.2 Å². The second-order valence-electron chi connectivity index (χ2n) is 6.49. The van der Waals surface area contributed by atoms with Gasteiger partial charge in [0, 0.05) is 0 Å². The summed E-state index contributed by atoms with van der Waals surface area (Å²) in [4.78, 5) is 25.1. The Kier molecular flexibility index (Phi) is 4.22. The van der Waals surface area contributed by atoms with Gasteiger partial charge in [-0.1, -0.05) is 35.4 Å². The molecule has 1 aromatic carbocycles. The van der Waals surface area contributed by atoms with Gasteiger partial charge in [-0.3, -0.25) is 9.59 Å². The molecule has 8 heteroatoms. The number of amides is 2. The number of nitriles is 1. The number of fused-ring (bicyclic) bond motifs is 5. The summed E-state index contributed by atoms with van der Waals surface area (Å²) >= 11 is 12.2. The number of nitrogens with zero attached hydrogens (tertiary/aromatic N) is 3. The molecule has 0 unspecified atom stereocenters. The van der Waals surface area contributed by atoms with Crippen molar-refractivity contribution in [1.82, 2.24) is 5.01 Å². The fraction of sp³-hybridized carbons (Fsp3) is 0.333. The van der Waals surface area contributed by atoms with Gasteiger partial charge in [-0.2, -0.15) is 15.4 Å². The molecule has 1 heterocycles. The zero-order valence-corrected chi connectivity index (χ0v) is 14.9. The molecule has 26 heavy (non-hydrogen) atoms. The van der Waals surface area contributed by atoms with Crippen molar-refractivity contribution >= 4 is 41.2 Å². The second kappa shape index (κ2) is 6.42. The third kappa shape index (κ3) is 2.59. The van der Waals surface area contributed by atoms with E-state index in [4.69, 9.17) is 33.2 Å². The number of ether oxygens (including phenoxy) is 1. The molecule has 4 rings (SSSR count).